The molecule has 1 radical (unpaired) electrons. The van der Waals surface area contributed by atoms with Crippen LogP contribution >= 0.6 is 43.5 Å². The fraction of sp³-hybridized carbons (Fsp3) is 0.800. The molecule has 0 aliphatic carbocycles. The van der Waals surface area contributed by atoms with Crippen molar-refractivity contribution in [3.63, 3.8) is 0 Å². The molecule has 0 rings (SSSR count). The van der Waals surface area contributed by atoms with E-state index in [9.17, 15) is 19.8 Å². The van der Waals surface area contributed by atoms with Gasteiger partial charge in [-0.1, -0.05) is 48.3 Å². The van der Waals surface area contributed by atoms with Crippen LogP contribution in [0.25, 0.3) is 0 Å². The van der Waals surface area contributed by atoms with Gasteiger partial charge in [-0.05, 0) is 12.8 Å². The number of nitrogens with one attached hydrogen (secondary N) is 2. The van der Waals surface area contributed by atoms with E-state index in [2.05, 4.69) is 23.3 Å². The van der Waals surface area contributed by atoms with Crippen LogP contribution < -0.4 is 19.7 Å². The van der Waals surface area contributed by atoms with Crippen LogP contribution in [0.4, 0.5) is 9.59 Å². The molecule has 0 bridgehead atoms. The molecule has 21 heavy (non-hydrogen) atoms. The third-order valence-corrected chi connectivity index (χ3v) is 5.38. The van der Waals surface area contributed by atoms with Crippen molar-refractivity contribution in [3.05, 3.63) is 0 Å². The van der Waals surface area contributed by atoms with Crippen molar-refractivity contribution in [3.8, 4) is 0 Å². The second-order valence-electron chi connectivity index (χ2n) is 3.30. The largest absolute Gasteiger partial charge is 2.00 e. The van der Waals surface area contributed by atoms with Gasteiger partial charge in [0.05, 0.1) is 0 Å². The standard InChI is InChI=1S/2C5H11NO2S2.Cu/c2*1-2-3-4-9-10-6-5(7)8;/h2*6H,2-4H2,1H3,(H,7,8);/q;;+2/p-2. The Kier molecular flexibility index (Phi) is 28.5. The van der Waals surface area contributed by atoms with Crippen molar-refractivity contribution in [2.75, 3.05) is 11.5 Å². The molecule has 0 aliphatic rings. The van der Waals surface area contributed by atoms with Gasteiger partial charge in [0, 0.05) is 33.5 Å². The van der Waals surface area contributed by atoms with Gasteiger partial charge in [0.1, 0.15) is 12.2 Å². The summed E-state index contributed by atoms with van der Waals surface area (Å²) in [5, 5.41) is 19.6. The molecule has 2 amide bonds. The van der Waals surface area contributed by atoms with E-state index in [0.29, 0.717) is 0 Å². The third kappa shape index (κ3) is 33.3. The van der Waals surface area contributed by atoms with Crippen molar-refractivity contribution in [1.29, 1.82) is 0 Å². The number of carbonyl (C=O) groups excluding carboxylic acids is 2. The molecule has 0 aromatic rings. The molecular weight excluding hydrogens is 404 g/mol. The first-order valence-corrected chi connectivity index (χ1v) is 10.7. The average Bonchev–Trinajstić information content (AvgIpc) is 2.38. The summed E-state index contributed by atoms with van der Waals surface area (Å²) in [5.74, 6) is 1.95. The van der Waals surface area contributed by atoms with E-state index in [0.717, 1.165) is 59.1 Å². The van der Waals surface area contributed by atoms with E-state index in [1.54, 1.807) is 0 Å². The molecule has 0 aromatic carbocycles. The first-order chi connectivity index (χ1) is 9.54. The number of rotatable bonds is 10. The van der Waals surface area contributed by atoms with Crippen LogP contribution in [0.15, 0.2) is 0 Å². The Morgan fingerprint density at radius 2 is 1.19 bits per heavy atom. The number of hydrogen-bond donors (Lipinski definition) is 2. The fourth-order valence-corrected chi connectivity index (χ4v) is 3.82. The van der Waals surface area contributed by atoms with E-state index in [1.165, 1.54) is 21.6 Å². The van der Waals surface area contributed by atoms with Crippen molar-refractivity contribution in [1.82, 2.24) is 9.44 Å². The van der Waals surface area contributed by atoms with Gasteiger partial charge in [-0.3, -0.25) is 0 Å². The van der Waals surface area contributed by atoms with Crippen LogP contribution in [0.5, 0.6) is 0 Å². The summed E-state index contributed by atoms with van der Waals surface area (Å²) >= 11 is 0. The molecule has 2 N–H and O–H groups in total. The van der Waals surface area contributed by atoms with E-state index < -0.39 is 12.2 Å². The molecule has 0 atom stereocenters. The zero-order valence-corrected chi connectivity index (χ0v) is 16.0. The number of hydrogen-bond acceptors (Lipinski definition) is 8. The van der Waals surface area contributed by atoms with Crippen molar-refractivity contribution >= 4 is 55.7 Å². The number of unbranched alkanes of at least 4 members (excludes halogenated alkanes) is 2. The second-order valence-corrected chi connectivity index (χ2v) is 7.74. The maximum Gasteiger partial charge on any atom is 2.00 e. The van der Waals surface area contributed by atoms with Crippen LogP contribution in [-0.2, 0) is 17.1 Å². The zero-order chi connectivity index (χ0) is 15.6. The second kappa shape index (κ2) is 22.7. The van der Waals surface area contributed by atoms with E-state index in [1.807, 2.05) is 0 Å². The van der Waals surface area contributed by atoms with Crippen LogP contribution in [0, 0.1) is 0 Å². The SMILES string of the molecule is CCCCSSNC(=O)[O-].CCCCSSNC(=O)[O-].[Cu+2]. The monoisotopic (exact) mass is 423 g/mol. The van der Waals surface area contributed by atoms with Crippen LogP contribution in [0.1, 0.15) is 39.5 Å². The van der Waals surface area contributed by atoms with Gasteiger partial charge in [0.25, 0.3) is 0 Å². The van der Waals surface area contributed by atoms with Crippen molar-refractivity contribution in [2.24, 2.45) is 0 Å². The van der Waals surface area contributed by atoms with E-state index in [-0.39, 0.29) is 17.1 Å². The molecule has 0 aromatic heterocycles. The summed E-state index contributed by atoms with van der Waals surface area (Å²) in [6.07, 6.45) is 2.05. The van der Waals surface area contributed by atoms with Crippen molar-refractivity contribution in [2.45, 2.75) is 39.5 Å². The topological polar surface area (TPSA) is 104 Å². The van der Waals surface area contributed by atoms with Gasteiger partial charge in [-0.15, -0.1) is 0 Å². The molecule has 11 heteroatoms. The van der Waals surface area contributed by atoms with Crippen LogP contribution in [0.2, 0.25) is 0 Å². The predicted molar refractivity (Wildman–Crippen MR) is 87.0 cm³/mol. The van der Waals surface area contributed by atoms with Crippen molar-refractivity contribution < 1.29 is 36.9 Å². The van der Waals surface area contributed by atoms with E-state index in [4.69, 9.17) is 0 Å². The molecule has 129 valence electrons. The summed E-state index contributed by atoms with van der Waals surface area (Å²) < 4.78 is 4.18. The van der Waals surface area contributed by atoms with Gasteiger partial charge < -0.3 is 29.2 Å². The molecule has 0 heterocycles. The first kappa shape index (κ1) is 26.4. The smallest absolute Gasteiger partial charge is 0.529 e. The maximum absolute atomic E-state index is 9.78. The quantitative estimate of drug-likeness (QED) is 0.238. The Morgan fingerprint density at radius 3 is 1.43 bits per heavy atom. The predicted octanol–water partition coefficient (Wildman–Crippen LogP) is 2.03. The first-order valence-electron chi connectivity index (χ1n) is 6.05. The third-order valence-electron chi connectivity index (χ3n) is 1.53. The Balaban J connectivity index is -0.000000295. The van der Waals surface area contributed by atoms with Crippen LogP contribution in [-0.4, -0.2) is 23.7 Å². The Morgan fingerprint density at radius 1 is 0.857 bits per heavy atom. The van der Waals surface area contributed by atoms with Gasteiger partial charge in [0.2, 0.25) is 0 Å². The molecule has 0 saturated heterocycles. The average molecular weight is 424 g/mol. The minimum Gasteiger partial charge on any atom is -0.529 e. The van der Waals surface area contributed by atoms with Gasteiger partial charge >= 0.3 is 17.1 Å². The normalized spacial score (nSPS) is 8.86. The molecule has 0 fully saturated rings. The Hall–Kier alpha value is 0.459. The zero-order valence-electron chi connectivity index (χ0n) is 11.8. The summed E-state index contributed by atoms with van der Waals surface area (Å²) in [4.78, 5) is 19.6. The van der Waals surface area contributed by atoms with Gasteiger partial charge in [0.15, 0.2) is 0 Å². The molecule has 0 unspecified atom stereocenters. The van der Waals surface area contributed by atoms with Crippen LogP contribution in [0.3, 0.4) is 0 Å². The minimum absolute atomic E-state index is 0. The summed E-state index contributed by atoms with van der Waals surface area (Å²) in [5.41, 5.74) is 0. The molecule has 6 nitrogen and oxygen atoms in total. The number of carboxylic acid groups (broad SMARTS) is 2. The summed E-state index contributed by atoms with van der Waals surface area (Å²) in [6.45, 7) is 4.19. The summed E-state index contributed by atoms with van der Waals surface area (Å²) in [7, 11) is 5.19. The molecule has 0 aliphatic heterocycles. The van der Waals surface area contributed by atoms with E-state index >= 15 is 0 Å². The minimum atomic E-state index is -1.23. The molecular formula is C10H20CuN2O4S4. The Bertz CT molecular complexity index is 229. The molecule has 0 saturated carbocycles. The van der Waals surface area contributed by atoms with Gasteiger partial charge in [-0.25, -0.2) is 0 Å². The summed E-state index contributed by atoms with van der Waals surface area (Å²) in [6, 6.07) is 0. The maximum atomic E-state index is 9.78. The molecule has 0 spiro atoms. The number of carbonyl (C=O) groups is 2. The Labute approximate surface area is 152 Å². The number of amides is 2. The fourth-order valence-electron chi connectivity index (χ4n) is 0.617. The van der Waals surface area contributed by atoms with Gasteiger partial charge in [-0.2, -0.15) is 0 Å².